The summed E-state index contributed by atoms with van der Waals surface area (Å²) in [6.45, 7) is 3.86. The lowest BCUT2D eigenvalue weighted by molar-refractivity contribution is -0.155. The zero-order valence-electron chi connectivity index (χ0n) is 14.1. The lowest BCUT2D eigenvalue weighted by Gasteiger charge is -2.51. The van der Waals surface area contributed by atoms with Crippen LogP contribution >= 0.6 is 0 Å². The predicted molar refractivity (Wildman–Crippen MR) is 87.6 cm³/mol. The van der Waals surface area contributed by atoms with Gasteiger partial charge < -0.3 is 4.74 Å². The van der Waals surface area contributed by atoms with Gasteiger partial charge in [-0.3, -0.25) is 9.59 Å². The molecule has 0 aromatic carbocycles. The number of hydrogen-bond donors (Lipinski definition) is 0. The summed E-state index contributed by atoms with van der Waals surface area (Å²) in [6, 6.07) is 0. The summed E-state index contributed by atoms with van der Waals surface area (Å²) in [5.74, 6) is 2.59. The lowest BCUT2D eigenvalue weighted by atomic mass is 9.54. The summed E-state index contributed by atoms with van der Waals surface area (Å²) < 4.78 is 5.67. The maximum atomic E-state index is 11.7. The zero-order valence-corrected chi connectivity index (χ0v) is 14.1. The minimum absolute atomic E-state index is 0.0872. The van der Waals surface area contributed by atoms with E-state index >= 15 is 0 Å². The van der Waals surface area contributed by atoms with Crippen molar-refractivity contribution in [1.82, 2.24) is 0 Å². The molecule has 4 aliphatic rings. The fourth-order valence-electron chi connectivity index (χ4n) is 6.00. The highest BCUT2D eigenvalue weighted by Crippen LogP contribution is 2.60. The maximum absolute atomic E-state index is 11.7. The number of rotatable bonds is 1. The summed E-state index contributed by atoms with van der Waals surface area (Å²) in [7, 11) is 0. The van der Waals surface area contributed by atoms with Crippen molar-refractivity contribution >= 4 is 11.8 Å². The zero-order chi connectivity index (χ0) is 16.2. The van der Waals surface area contributed by atoms with Crippen molar-refractivity contribution in [3.8, 4) is 0 Å². The van der Waals surface area contributed by atoms with Crippen LogP contribution in [-0.4, -0.2) is 17.9 Å². The van der Waals surface area contributed by atoms with Gasteiger partial charge in [0.15, 0.2) is 5.78 Å². The molecule has 6 atom stereocenters. The molecule has 3 heteroatoms. The molecule has 1 unspecified atom stereocenters. The quantitative estimate of drug-likeness (QED) is 0.691. The molecular weight excluding hydrogens is 288 g/mol. The van der Waals surface area contributed by atoms with Crippen molar-refractivity contribution in [3.63, 3.8) is 0 Å². The van der Waals surface area contributed by atoms with E-state index < -0.39 is 0 Å². The molecule has 0 aromatic rings. The Morgan fingerprint density at radius 1 is 1.26 bits per heavy atom. The van der Waals surface area contributed by atoms with Crippen LogP contribution in [0.1, 0.15) is 52.4 Å². The number of carbonyl (C=O) groups excluding carboxylic acids is 2. The largest absolute Gasteiger partial charge is 0.462 e. The summed E-state index contributed by atoms with van der Waals surface area (Å²) >= 11 is 0. The Morgan fingerprint density at radius 2 is 2.09 bits per heavy atom. The fourth-order valence-corrected chi connectivity index (χ4v) is 6.00. The van der Waals surface area contributed by atoms with Gasteiger partial charge in [0.2, 0.25) is 0 Å². The Morgan fingerprint density at radius 3 is 2.87 bits per heavy atom. The molecular formula is C20H26O3. The minimum Gasteiger partial charge on any atom is -0.462 e. The van der Waals surface area contributed by atoms with Gasteiger partial charge in [0, 0.05) is 18.8 Å². The molecule has 0 N–H and O–H groups in total. The smallest absolute Gasteiger partial charge is 0.302 e. The Hall–Kier alpha value is -1.38. The van der Waals surface area contributed by atoms with E-state index in [9.17, 15) is 9.59 Å². The van der Waals surface area contributed by atoms with E-state index in [0.717, 1.165) is 25.7 Å². The lowest BCUT2D eigenvalue weighted by Crippen LogP contribution is -2.47. The van der Waals surface area contributed by atoms with Crippen LogP contribution in [-0.2, 0) is 14.3 Å². The average Bonchev–Trinajstić information content (AvgIpc) is 2.83. The molecule has 0 amide bonds. The Balaban J connectivity index is 1.62. The predicted octanol–water partition coefficient (Wildman–Crippen LogP) is 3.84. The number of esters is 1. The first-order chi connectivity index (χ1) is 11.0. The summed E-state index contributed by atoms with van der Waals surface area (Å²) in [5.41, 5.74) is 1.39. The van der Waals surface area contributed by atoms with Crippen molar-refractivity contribution in [2.75, 3.05) is 0 Å². The van der Waals surface area contributed by atoms with Gasteiger partial charge in [0.25, 0.3) is 0 Å². The normalized spacial score (nSPS) is 44.9. The molecule has 0 aliphatic heterocycles. The Bertz CT molecular complexity index is 602. The van der Waals surface area contributed by atoms with Gasteiger partial charge in [0.05, 0.1) is 0 Å². The third-order valence-corrected chi connectivity index (χ3v) is 7.09. The van der Waals surface area contributed by atoms with Crippen molar-refractivity contribution < 1.29 is 14.3 Å². The average molecular weight is 314 g/mol. The van der Waals surface area contributed by atoms with Crippen molar-refractivity contribution in [2.45, 2.75) is 58.5 Å². The van der Waals surface area contributed by atoms with Crippen LogP contribution in [0.25, 0.3) is 0 Å². The molecule has 0 saturated heterocycles. The van der Waals surface area contributed by atoms with Crippen molar-refractivity contribution in [3.05, 3.63) is 23.8 Å². The van der Waals surface area contributed by atoms with Gasteiger partial charge >= 0.3 is 5.97 Å². The standard InChI is InChI=1S/C20H26O3/c1-12(21)23-19-8-7-18-17-5-3-13-11-14(22)4-6-15(13)16(17)9-10-20(18,19)2/h3,5,11,15-19H,4,6-10H2,1-2H3/t15-,16-,17+,18+,19?,20-/m0/s1. The van der Waals surface area contributed by atoms with E-state index in [-0.39, 0.29) is 23.3 Å². The molecule has 4 aliphatic carbocycles. The highest BCUT2D eigenvalue weighted by molar-refractivity contribution is 5.91. The second-order valence-corrected chi connectivity index (χ2v) is 8.18. The Labute approximate surface area is 138 Å². The molecule has 4 rings (SSSR count). The fraction of sp³-hybridized carbons (Fsp3) is 0.700. The highest BCUT2D eigenvalue weighted by atomic mass is 16.5. The summed E-state index contributed by atoms with van der Waals surface area (Å²) in [5, 5.41) is 0. The van der Waals surface area contributed by atoms with E-state index in [4.69, 9.17) is 4.74 Å². The topological polar surface area (TPSA) is 43.4 Å². The molecule has 2 fully saturated rings. The van der Waals surface area contributed by atoms with Gasteiger partial charge in [-0.15, -0.1) is 0 Å². The molecule has 0 aromatic heterocycles. The van der Waals surface area contributed by atoms with Crippen LogP contribution in [0, 0.1) is 29.1 Å². The third kappa shape index (κ3) is 2.31. The number of ketones is 1. The van der Waals surface area contributed by atoms with Crippen LogP contribution in [0.2, 0.25) is 0 Å². The van der Waals surface area contributed by atoms with Gasteiger partial charge in [-0.1, -0.05) is 19.1 Å². The molecule has 124 valence electrons. The second-order valence-electron chi connectivity index (χ2n) is 8.18. The van der Waals surface area contributed by atoms with Crippen LogP contribution < -0.4 is 0 Å². The molecule has 23 heavy (non-hydrogen) atoms. The van der Waals surface area contributed by atoms with Crippen LogP contribution in [0.5, 0.6) is 0 Å². The van der Waals surface area contributed by atoms with Gasteiger partial charge in [0.1, 0.15) is 6.10 Å². The van der Waals surface area contributed by atoms with Crippen LogP contribution in [0.15, 0.2) is 23.8 Å². The number of fused-ring (bicyclic) bond motifs is 5. The first kappa shape index (κ1) is 15.2. The van der Waals surface area contributed by atoms with Gasteiger partial charge in [-0.05, 0) is 67.4 Å². The van der Waals surface area contributed by atoms with E-state index in [0.29, 0.717) is 30.1 Å². The molecule has 0 spiro atoms. The highest BCUT2D eigenvalue weighted by Gasteiger charge is 2.56. The van der Waals surface area contributed by atoms with E-state index in [2.05, 4.69) is 19.1 Å². The number of hydrogen-bond acceptors (Lipinski definition) is 3. The van der Waals surface area contributed by atoms with Crippen molar-refractivity contribution in [2.24, 2.45) is 29.1 Å². The second kappa shape index (κ2) is 5.32. The maximum Gasteiger partial charge on any atom is 0.302 e. The molecule has 0 bridgehead atoms. The summed E-state index contributed by atoms with van der Waals surface area (Å²) in [6.07, 6.45) is 12.8. The Kier molecular flexibility index (Phi) is 3.51. The summed E-state index contributed by atoms with van der Waals surface area (Å²) in [4.78, 5) is 23.1. The third-order valence-electron chi connectivity index (χ3n) is 7.09. The number of allylic oxidation sites excluding steroid dienone is 4. The van der Waals surface area contributed by atoms with E-state index in [1.54, 1.807) is 0 Å². The van der Waals surface area contributed by atoms with E-state index in [1.165, 1.54) is 18.9 Å². The first-order valence-corrected chi connectivity index (χ1v) is 9.09. The van der Waals surface area contributed by atoms with E-state index in [1.807, 2.05) is 6.08 Å². The van der Waals surface area contributed by atoms with Gasteiger partial charge in [-0.25, -0.2) is 0 Å². The number of carbonyl (C=O) groups is 2. The molecule has 3 nitrogen and oxygen atoms in total. The molecule has 0 radical (unpaired) electrons. The van der Waals surface area contributed by atoms with Gasteiger partial charge in [-0.2, -0.15) is 0 Å². The SMILES string of the molecule is CC(=O)OC1CC[C@@H]2[C@@H]3C=CC4=CC(=O)CC[C@@H]4[C@@H]3CC[C@]12C. The van der Waals surface area contributed by atoms with Crippen LogP contribution in [0.3, 0.4) is 0 Å². The minimum atomic E-state index is -0.144. The number of ether oxygens (including phenoxy) is 1. The van der Waals surface area contributed by atoms with Crippen LogP contribution in [0.4, 0.5) is 0 Å². The molecule has 2 saturated carbocycles. The molecule has 0 heterocycles. The van der Waals surface area contributed by atoms with Crippen molar-refractivity contribution in [1.29, 1.82) is 0 Å². The monoisotopic (exact) mass is 314 g/mol. The first-order valence-electron chi connectivity index (χ1n) is 9.09.